The van der Waals surface area contributed by atoms with Gasteiger partial charge in [0, 0.05) is 6.07 Å². The first-order valence-electron chi connectivity index (χ1n) is 7.00. The van der Waals surface area contributed by atoms with Gasteiger partial charge in [-0.25, -0.2) is 0 Å². The maximum absolute atomic E-state index is 9.63. The summed E-state index contributed by atoms with van der Waals surface area (Å²) in [5.41, 5.74) is 1.26. The Balaban J connectivity index is 2.06. The quantitative estimate of drug-likeness (QED) is 0.809. The second kappa shape index (κ2) is 3.91. The van der Waals surface area contributed by atoms with Crippen LogP contribution in [0.25, 0.3) is 0 Å². The molecule has 3 atom stereocenters. The number of phenols is 1. The van der Waals surface area contributed by atoms with Crippen LogP contribution in [0.4, 0.5) is 0 Å². The molecule has 1 fully saturated rings. The molecule has 18 heavy (non-hydrogen) atoms. The lowest BCUT2D eigenvalue weighted by molar-refractivity contribution is -0.00781. The van der Waals surface area contributed by atoms with Crippen LogP contribution in [0.5, 0.6) is 11.5 Å². The van der Waals surface area contributed by atoms with Crippen molar-refractivity contribution in [1.29, 1.82) is 0 Å². The number of benzene rings is 1. The summed E-state index contributed by atoms with van der Waals surface area (Å²) in [6.45, 7) is 6.86. The highest BCUT2D eigenvalue weighted by atomic mass is 16.5. The molecule has 1 heterocycles. The Bertz CT molecular complexity index is 466. The minimum Gasteiger partial charge on any atom is -0.508 e. The van der Waals surface area contributed by atoms with Crippen molar-refractivity contribution in [3.63, 3.8) is 0 Å². The predicted molar refractivity (Wildman–Crippen MR) is 72.1 cm³/mol. The van der Waals surface area contributed by atoms with Crippen molar-refractivity contribution in [2.24, 2.45) is 11.8 Å². The molecule has 2 bridgehead atoms. The molecular formula is C16H22O2. The molecule has 1 aliphatic heterocycles. The highest BCUT2D eigenvalue weighted by Gasteiger charge is 2.45. The smallest absolute Gasteiger partial charge is 0.127 e. The van der Waals surface area contributed by atoms with Gasteiger partial charge in [-0.15, -0.1) is 0 Å². The molecule has 1 saturated carbocycles. The fourth-order valence-electron chi connectivity index (χ4n) is 3.81. The monoisotopic (exact) mass is 246 g/mol. The fourth-order valence-corrected chi connectivity index (χ4v) is 3.81. The summed E-state index contributed by atoms with van der Waals surface area (Å²) in [5, 5.41) is 9.63. The van der Waals surface area contributed by atoms with Crippen LogP contribution in [-0.2, 0) is 0 Å². The van der Waals surface area contributed by atoms with Crippen molar-refractivity contribution in [1.82, 2.24) is 0 Å². The van der Waals surface area contributed by atoms with Gasteiger partial charge in [0.1, 0.15) is 17.1 Å². The van der Waals surface area contributed by atoms with Crippen molar-refractivity contribution in [3.05, 3.63) is 23.8 Å². The molecule has 0 spiro atoms. The number of hydrogen-bond donors (Lipinski definition) is 1. The zero-order chi connectivity index (χ0) is 12.9. The third-order valence-electron chi connectivity index (χ3n) is 4.78. The average molecular weight is 246 g/mol. The fraction of sp³-hybridized carbons (Fsp3) is 0.625. The van der Waals surface area contributed by atoms with Gasteiger partial charge in [0.15, 0.2) is 0 Å². The van der Waals surface area contributed by atoms with E-state index in [-0.39, 0.29) is 5.60 Å². The molecule has 0 amide bonds. The molecule has 1 aromatic carbocycles. The van der Waals surface area contributed by atoms with Gasteiger partial charge in [-0.05, 0) is 55.6 Å². The SMILES string of the molecule is CC(C)C1CCC2(C)CC1c1ccc(O)cc1O2. The molecule has 0 saturated heterocycles. The van der Waals surface area contributed by atoms with Crippen LogP contribution in [0, 0.1) is 11.8 Å². The number of phenolic OH excluding ortho intramolecular Hbond substituents is 1. The highest BCUT2D eigenvalue weighted by Crippen LogP contribution is 2.53. The standard InChI is InChI=1S/C16H22O2/c1-10(2)12-6-7-16(3)9-14(12)13-5-4-11(17)8-15(13)18-16/h4-5,8,10,12,14,17H,6-7,9H2,1-3H3. The largest absolute Gasteiger partial charge is 0.508 e. The van der Waals surface area contributed by atoms with Gasteiger partial charge >= 0.3 is 0 Å². The van der Waals surface area contributed by atoms with Crippen LogP contribution < -0.4 is 4.74 Å². The first kappa shape index (κ1) is 11.9. The summed E-state index contributed by atoms with van der Waals surface area (Å²) in [5.74, 6) is 3.25. The average Bonchev–Trinajstić information content (AvgIpc) is 2.27. The van der Waals surface area contributed by atoms with Gasteiger partial charge in [-0.3, -0.25) is 0 Å². The van der Waals surface area contributed by atoms with Crippen LogP contribution in [-0.4, -0.2) is 10.7 Å². The summed E-state index contributed by atoms with van der Waals surface area (Å²) in [6.07, 6.45) is 3.49. The van der Waals surface area contributed by atoms with Crippen molar-refractivity contribution in [3.8, 4) is 11.5 Å². The highest BCUT2D eigenvalue weighted by molar-refractivity contribution is 5.45. The van der Waals surface area contributed by atoms with E-state index >= 15 is 0 Å². The number of aromatic hydroxyl groups is 1. The van der Waals surface area contributed by atoms with E-state index in [1.165, 1.54) is 12.0 Å². The maximum atomic E-state index is 9.63. The molecule has 2 heteroatoms. The lowest BCUT2D eigenvalue weighted by atomic mass is 9.64. The normalized spacial score (nSPS) is 34.0. The minimum atomic E-state index is -0.0309. The van der Waals surface area contributed by atoms with E-state index in [0.717, 1.165) is 24.5 Å². The summed E-state index contributed by atoms with van der Waals surface area (Å²) in [7, 11) is 0. The lowest BCUT2D eigenvalue weighted by Gasteiger charge is -2.48. The van der Waals surface area contributed by atoms with Gasteiger partial charge in [0.25, 0.3) is 0 Å². The van der Waals surface area contributed by atoms with E-state index in [1.54, 1.807) is 12.1 Å². The van der Waals surface area contributed by atoms with Crippen LogP contribution >= 0.6 is 0 Å². The second-order valence-corrected chi connectivity index (χ2v) is 6.53. The minimum absolute atomic E-state index is 0.0309. The third kappa shape index (κ3) is 1.79. The number of rotatable bonds is 1. The van der Waals surface area contributed by atoms with Gasteiger partial charge in [-0.1, -0.05) is 19.9 Å². The Hall–Kier alpha value is -1.18. The number of ether oxygens (including phenoxy) is 1. The zero-order valence-corrected chi connectivity index (χ0v) is 11.4. The van der Waals surface area contributed by atoms with Crippen molar-refractivity contribution in [2.75, 3.05) is 0 Å². The Labute approximate surface area is 109 Å². The Morgan fingerprint density at radius 1 is 1.39 bits per heavy atom. The van der Waals surface area contributed by atoms with Crippen LogP contribution in [0.1, 0.15) is 51.5 Å². The van der Waals surface area contributed by atoms with E-state index in [4.69, 9.17) is 4.74 Å². The number of hydrogen-bond acceptors (Lipinski definition) is 2. The van der Waals surface area contributed by atoms with E-state index in [9.17, 15) is 5.11 Å². The van der Waals surface area contributed by atoms with Crippen LogP contribution in [0.3, 0.4) is 0 Å². The molecule has 2 nitrogen and oxygen atoms in total. The summed E-state index contributed by atoms with van der Waals surface area (Å²) in [4.78, 5) is 0. The molecule has 3 unspecified atom stereocenters. The van der Waals surface area contributed by atoms with E-state index in [0.29, 0.717) is 17.6 Å². The molecule has 0 radical (unpaired) electrons. The molecule has 0 aromatic heterocycles. The first-order chi connectivity index (χ1) is 8.48. The first-order valence-corrected chi connectivity index (χ1v) is 7.00. The molecule has 1 aliphatic carbocycles. The van der Waals surface area contributed by atoms with Crippen LogP contribution in [0.2, 0.25) is 0 Å². The van der Waals surface area contributed by atoms with Gasteiger partial charge in [-0.2, -0.15) is 0 Å². The third-order valence-corrected chi connectivity index (χ3v) is 4.78. The molecule has 2 aliphatic rings. The van der Waals surface area contributed by atoms with Gasteiger partial charge in [0.2, 0.25) is 0 Å². The molecule has 1 N–H and O–H groups in total. The van der Waals surface area contributed by atoms with E-state index in [1.807, 2.05) is 0 Å². The predicted octanol–water partition coefficient (Wildman–Crippen LogP) is 4.08. The molecular weight excluding hydrogens is 224 g/mol. The number of fused-ring (bicyclic) bond motifs is 4. The van der Waals surface area contributed by atoms with Crippen molar-refractivity contribution < 1.29 is 9.84 Å². The van der Waals surface area contributed by atoms with Gasteiger partial charge < -0.3 is 9.84 Å². The summed E-state index contributed by atoms with van der Waals surface area (Å²) >= 11 is 0. The topological polar surface area (TPSA) is 29.5 Å². The Kier molecular flexibility index (Phi) is 2.58. The summed E-state index contributed by atoms with van der Waals surface area (Å²) < 4.78 is 6.14. The maximum Gasteiger partial charge on any atom is 0.127 e. The van der Waals surface area contributed by atoms with Crippen LogP contribution in [0.15, 0.2) is 18.2 Å². The molecule has 3 rings (SSSR count). The lowest BCUT2D eigenvalue weighted by Crippen LogP contribution is -2.45. The zero-order valence-electron chi connectivity index (χ0n) is 11.4. The Morgan fingerprint density at radius 2 is 2.17 bits per heavy atom. The van der Waals surface area contributed by atoms with Crippen molar-refractivity contribution in [2.45, 2.75) is 51.6 Å². The molecule has 1 aromatic rings. The van der Waals surface area contributed by atoms with E-state index in [2.05, 4.69) is 26.8 Å². The Morgan fingerprint density at radius 3 is 2.89 bits per heavy atom. The summed E-state index contributed by atoms with van der Waals surface area (Å²) in [6, 6.07) is 5.62. The van der Waals surface area contributed by atoms with E-state index < -0.39 is 0 Å². The van der Waals surface area contributed by atoms with Crippen molar-refractivity contribution >= 4 is 0 Å². The van der Waals surface area contributed by atoms with Gasteiger partial charge in [0.05, 0.1) is 0 Å². The molecule has 98 valence electrons. The second-order valence-electron chi connectivity index (χ2n) is 6.53.